The molecular weight excluding hydrogens is 540 g/mol. The molecular formula is C40H66N2O2. The van der Waals surface area contributed by atoms with Crippen molar-refractivity contribution in [2.24, 2.45) is 52.3 Å². The van der Waals surface area contributed by atoms with Crippen LogP contribution in [0.25, 0.3) is 0 Å². The summed E-state index contributed by atoms with van der Waals surface area (Å²) in [5.41, 5.74) is 1.11. The number of carbonyl (C=O) groups excluding carboxylic acids is 2. The Morgan fingerprint density at radius 2 is 1.36 bits per heavy atom. The fraction of sp³-hybridized carbons (Fsp3) is 0.950. The maximum Gasteiger partial charge on any atom is 0.222 e. The number of unbranched alkanes of at least 4 members (excludes halogenated alkanes) is 7. The molecule has 4 nitrogen and oxygen atoms in total. The molecule has 0 radical (unpaired) electrons. The molecule has 7 aliphatic carbocycles. The van der Waals surface area contributed by atoms with E-state index >= 15 is 0 Å². The summed E-state index contributed by atoms with van der Waals surface area (Å²) in [6, 6.07) is 0.488. The molecule has 4 bridgehead atoms. The van der Waals surface area contributed by atoms with E-state index in [0.29, 0.717) is 28.7 Å². The van der Waals surface area contributed by atoms with E-state index in [0.717, 1.165) is 67.1 Å². The highest BCUT2D eigenvalue weighted by Crippen LogP contribution is 2.66. The van der Waals surface area contributed by atoms with E-state index in [1.54, 1.807) is 0 Å². The molecule has 8 fully saturated rings. The van der Waals surface area contributed by atoms with Crippen LogP contribution in [0.5, 0.6) is 0 Å². The lowest BCUT2D eigenvalue weighted by molar-refractivity contribution is -0.158. The molecule has 8 aliphatic rings. The Bertz CT molecular complexity index is 1020. The van der Waals surface area contributed by atoms with Gasteiger partial charge in [-0.25, -0.2) is 0 Å². The van der Waals surface area contributed by atoms with Crippen LogP contribution < -0.4 is 5.32 Å². The number of piperidine rings is 1. The minimum Gasteiger partial charge on any atom is -0.351 e. The summed E-state index contributed by atoms with van der Waals surface area (Å²) in [5, 5.41) is 3.57. The molecule has 8 rings (SSSR count). The van der Waals surface area contributed by atoms with Crippen molar-refractivity contribution < 1.29 is 9.59 Å². The predicted octanol–water partition coefficient (Wildman–Crippen LogP) is 9.45. The molecule has 0 aromatic heterocycles. The third kappa shape index (κ3) is 5.82. The fourth-order valence-electron chi connectivity index (χ4n) is 14.1. The average Bonchev–Trinajstić information content (AvgIpc) is 3.31. The first kappa shape index (κ1) is 31.5. The largest absolute Gasteiger partial charge is 0.351 e. The van der Waals surface area contributed by atoms with Gasteiger partial charge in [0, 0.05) is 31.5 Å². The Balaban J connectivity index is 0.762. The van der Waals surface area contributed by atoms with Crippen LogP contribution in [0.4, 0.5) is 0 Å². The lowest BCUT2D eigenvalue weighted by Gasteiger charge is -2.62. The minimum atomic E-state index is 0.189. The molecule has 0 aromatic carbocycles. The Morgan fingerprint density at radius 3 is 2.05 bits per heavy atom. The Hall–Kier alpha value is -1.06. The van der Waals surface area contributed by atoms with Gasteiger partial charge in [0.05, 0.1) is 0 Å². The third-order valence-corrected chi connectivity index (χ3v) is 15.9. The summed E-state index contributed by atoms with van der Waals surface area (Å²) in [4.78, 5) is 27.4. The van der Waals surface area contributed by atoms with Gasteiger partial charge in [0.1, 0.15) is 0 Å². The van der Waals surface area contributed by atoms with E-state index in [1.807, 2.05) is 0 Å². The lowest BCUT2D eigenvalue weighted by Crippen LogP contribution is -2.61. The van der Waals surface area contributed by atoms with Crippen LogP contribution in [0.1, 0.15) is 168 Å². The fourth-order valence-corrected chi connectivity index (χ4v) is 14.1. The highest BCUT2D eigenvalue weighted by Gasteiger charge is 2.61. The van der Waals surface area contributed by atoms with Crippen LogP contribution in [0, 0.1) is 52.3 Å². The maximum atomic E-state index is 12.8. The minimum absolute atomic E-state index is 0.189. The van der Waals surface area contributed by atoms with Gasteiger partial charge in [0.25, 0.3) is 0 Å². The van der Waals surface area contributed by atoms with Crippen molar-refractivity contribution in [2.75, 3.05) is 7.05 Å². The quantitative estimate of drug-likeness (QED) is 0.225. The number of rotatable bonds is 12. The molecule has 1 N–H and O–H groups in total. The number of carbonyl (C=O) groups is 2. The Kier molecular flexibility index (Phi) is 8.97. The van der Waals surface area contributed by atoms with E-state index < -0.39 is 0 Å². The first-order valence-corrected chi connectivity index (χ1v) is 19.8. The van der Waals surface area contributed by atoms with Crippen molar-refractivity contribution in [1.29, 1.82) is 0 Å². The van der Waals surface area contributed by atoms with Crippen LogP contribution in [0.15, 0.2) is 0 Å². The van der Waals surface area contributed by atoms with E-state index in [-0.39, 0.29) is 5.54 Å². The molecule has 4 heteroatoms. The smallest absolute Gasteiger partial charge is 0.222 e. The molecule has 7 atom stereocenters. The molecule has 2 amide bonds. The highest BCUT2D eigenvalue weighted by atomic mass is 16.2. The zero-order valence-electron chi connectivity index (χ0n) is 28.9. The number of hydrogen-bond acceptors (Lipinski definition) is 2. The van der Waals surface area contributed by atoms with Crippen LogP contribution in [0.2, 0.25) is 0 Å². The van der Waals surface area contributed by atoms with Crippen molar-refractivity contribution in [3.05, 3.63) is 0 Å². The van der Waals surface area contributed by atoms with Crippen LogP contribution in [-0.2, 0) is 9.59 Å². The van der Waals surface area contributed by atoms with E-state index in [2.05, 4.69) is 31.1 Å². The summed E-state index contributed by atoms with van der Waals surface area (Å²) in [6.45, 7) is 5.26. The van der Waals surface area contributed by atoms with Gasteiger partial charge in [0.15, 0.2) is 0 Å². The van der Waals surface area contributed by atoms with Crippen molar-refractivity contribution in [1.82, 2.24) is 10.2 Å². The lowest BCUT2D eigenvalue weighted by atomic mass is 9.46. The van der Waals surface area contributed by atoms with E-state index in [4.69, 9.17) is 0 Å². The molecule has 1 heterocycles. The van der Waals surface area contributed by atoms with Gasteiger partial charge in [-0.1, -0.05) is 58.8 Å². The van der Waals surface area contributed by atoms with Gasteiger partial charge in [-0.2, -0.15) is 0 Å². The van der Waals surface area contributed by atoms with Crippen LogP contribution >= 0.6 is 0 Å². The normalized spacial score (nSPS) is 45.6. The van der Waals surface area contributed by atoms with E-state index in [1.165, 1.54) is 128 Å². The number of fused-ring (bicyclic) bond motifs is 5. The van der Waals surface area contributed by atoms with Crippen molar-refractivity contribution in [3.8, 4) is 0 Å². The second-order valence-corrected chi connectivity index (χ2v) is 18.4. The summed E-state index contributed by atoms with van der Waals surface area (Å²) < 4.78 is 0. The average molecular weight is 607 g/mol. The first-order valence-electron chi connectivity index (χ1n) is 19.8. The van der Waals surface area contributed by atoms with Gasteiger partial charge >= 0.3 is 0 Å². The Morgan fingerprint density at radius 1 is 0.750 bits per heavy atom. The molecule has 7 saturated carbocycles. The van der Waals surface area contributed by atoms with Gasteiger partial charge < -0.3 is 10.2 Å². The second-order valence-electron chi connectivity index (χ2n) is 18.4. The molecule has 1 saturated heterocycles. The molecule has 44 heavy (non-hydrogen) atoms. The predicted molar refractivity (Wildman–Crippen MR) is 179 cm³/mol. The summed E-state index contributed by atoms with van der Waals surface area (Å²) >= 11 is 0. The highest BCUT2D eigenvalue weighted by molar-refractivity contribution is 5.77. The topological polar surface area (TPSA) is 49.4 Å². The zero-order valence-corrected chi connectivity index (χ0v) is 28.9. The monoisotopic (exact) mass is 607 g/mol. The van der Waals surface area contributed by atoms with Gasteiger partial charge in [-0.15, -0.1) is 0 Å². The number of hydrogen-bond donors (Lipinski definition) is 1. The van der Waals surface area contributed by atoms with E-state index in [9.17, 15) is 9.59 Å². The Labute approximate surface area is 270 Å². The van der Waals surface area contributed by atoms with Crippen LogP contribution in [-0.4, -0.2) is 35.3 Å². The first-order chi connectivity index (χ1) is 21.2. The van der Waals surface area contributed by atoms with Gasteiger partial charge in [-0.3, -0.25) is 9.59 Å². The zero-order chi connectivity index (χ0) is 30.5. The van der Waals surface area contributed by atoms with Gasteiger partial charge in [-0.05, 0) is 149 Å². The maximum absolute atomic E-state index is 12.8. The van der Waals surface area contributed by atoms with Crippen molar-refractivity contribution in [2.45, 2.75) is 180 Å². The van der Waals surface area contributed by atoms with Crippen molar-refractivity contribution >= 4 is 11.8 Å². The van der Waals surface area contributed by atoms with Crippen molar-refractivity contribution in [3.63, 3.8) is 0 Å². The standard InChI is InChI=1S/C40H66N2O2/c1-38-20-18-34-32(15-17-35-39(34,2)21-19-37(44)42(35)3)33(38)16-14-31(38)12-10-8-6-4-5-7-9-11-13-36(43)41-40-25-28-22-29(26-40)24-30(23-28)27-40/h28-35H,4-27H2,1-3H3,(H,41,43)/t28?,29?,30?,31-,32-,33-,34-,35+,38+,39+,40?/m0/s1. The number of likely N-dealkylation sites (tertiary alicyclic amines) is 1. The SMILES string of the molecule is CN1C(=O)CC[C@]2(C)[C@H]3CC[C@]4(C)[C@@H](CCCCCCCCCCC(=O)NC56CC7CC(CC(C7)C5)C6)CC[C@H]4[C@@H]3CC[C@@H]12. The summed E-state index contributed by atoms with van der Waals surface area (Å²) in [6.07, 6.45) is 31.2. The number of nitrogens with one attached hydrogen (secondary N) is 1. The molecule has 0 aromatic rings. The number of amides is 2. The molecule has 0 spiro atoms. The summed E-state index contributed by atoms with van der Waals surface area (Å²) in [5.74, 6) is 7.07. The third-order valence-electron chi connectivity index (χ3n) is 15.9. The molecule has 0 unspecified atom stereocenters. The number of nitrogens with zero attached hydrogens (tertiary/aromatic N) is 1. The van der Waals surface area contributed by atoms with Gasteiger partial charge in [0.2, 0.25) is 11.8 Å². The second kappa shape index (κ2) is 12.5. The van der Waals surface area contributed by atoms with Crippen LogP contribution in [0.3, 0.4) is 0 Å². The summed E-state index contributed by atoms with van der Waals surface area (Å²) in [7, 11) is 2.09. The molecule has 1 aliphatic heterocycles. The molecule has 248 valence electrons.